The maximum absolute atomic E-state index is 5.48. The summed E-state index contributed by atoms with van der Waals surface area (Å²) in [5.74, 6) is 8.08. The summed E-state index contributed by atoms with van der Waals surface area (Å²) in [5, 5.41) is 3.34. The van der Waals surface area contributed by atoms with Gasteiger partial charge in [-0.15, -0.1) is 0 Å². The number of hydrogen-bond donors (Lipinski definition) is 3. The first-order valence-corrected chi connectivity index (χ1v) is 6.16. The Morgan fingerprint density at radius 3 is 2.53 bits per heavy atom. The Labute approximate surface area is 90.7 Å². The van der Waals surface area contributed by atoms with Gasteiger partial charge in [-0.05, 0) is 43.9 Å². The summed E-state index contributed by atoms with van der Waals surface area (Å²) < 4.78 is 0. The molecule has 2 bridgehead atoms. The predicted octanol–water partition coefficient (Wildman–Crippen LogP) is 0.746. The zero-order valence-electron chi connectivity index (χ0n) is 9.08. The highest BCUT2D eigenvalue weighted by Crippen LogP contribution is 2.45. The third-order valence-electron chi connectivity index (χ3n) is 4.05. The lowest BCUT2D eigenvalue weighted by Gasteiger charge is -2.19. The summed E-state index contributed by atoms with van der Waals surface area (Å²) in [5.41, 5.74) is 2.70. The first-order valence-electron chi connectivity index (χ1n) is 6.16. The van der Waals surface area contributed by atoms with Crippen LogP contribution >= 0.6 is 0 Å². The minimum Gasteiger partial charge on any atom is -0.353 e. The molecule has 3 aliphatic rings. The molecule has 4 nitrogen and oxygen atoms in total. The van der Waals surface area contributed by atoms with E-state index in [4.69, 9.17) is 10.8 Å². The predicted molar refractivity (Wildman–Crippen MR) is 60.2 cm³/mol. The van der Waals surface area contributed by atoms with E-state index in [0.29, 0.717) is 12.1 Å². The molecule has 3 unspecified atom stereocenters. The summed E-state index contributed by atoms with van der Waals surface area (Å²) in [7, 11) is 0. The molecule has 0 aromatic rings. The molecule has 4 N–H and O–H groups in total. The highest BCUT2D eigenvalue weighted by molar-refractivity contribution is 5.80. The molecule has 0 aromatic carbocycles. The van der Waals surface area contributed by atoms with Gasteiger partial charge in [-0.25, -0.2) is 10.8 Å². The summed E-state index contributed by atoms with van der Waals surface area (Å²) in [6.45, 7) is 0. The molecule has 15 heavy (non-hydrogen) atoms. The minimum atomic E-state index is 0.529. The van der Waals surface area contributed by atoms with Crippen molar-refractivity contribution in [2.24, 2.45) is 22.7 Å². The summed E-state index contributed by atoms with van der Waals surface area (Å²) >= 11 is 0. The van der Waals surface area contributed by atoms with E-state index in [1.54, 1.807) is 0 Å². The van der Waals surface area contributed by atoms with E-state index in [1.807, 2.05) is 0 Å². The molecule has 0 aliphatic heterocycles. The van der Waals surface area contributed by atoms with Crippen LogP contribution in [0.2, 0.25) is 0 Å². The second kappa shape index (κ2) is 3.67. The van der Waals surface area contributed by atoms with Gasteiger partial charge in [-0.1, -0.05) is 6.42 Å². The van der Waals surface area contributed by atoms with Gasteiger partial charge in [0.1, 0.15) is 0 Å². The number of nitrogens with two attached hydrogens (primary N) is 1. The smallest absolute Gasteiger partial charge is 0.206 e. The maximum atomic E-state index is 5.48. The van der Waals surface area contributed by atoms with E-state index < -0.39 is 0 Å². The van der Waals surface area contributed by atoms with Crippen molar-refractivity contribution in [2.75, 3.05) is 0 Å². The highest BCUT2D eigenvalue weighted by atomic mass is 15.3. The van der Waals surface area contributed by atoms with Gasteiger partial charge < -0.3 is 5.32 Å². The van der Waals surface area contributed by atoms with Crippen molar-refractivity contribution in [3.05, 3.63) is 0 Å². The Morgan fingerprint density at radius 1 is 1.13 bits per heavy atom. The van der Waals surface area contributed by atoms with E-state index in [9.17, 15) is 0 Å². The van der Waals surface area contributed by atoms with Crippen molar-refractivity contribution in [3.8, 4) is 0 Å². The molecular weight excluding hydrogens is 188 g/mol. The van der Waals surface area contributed by atoms with Crippen LogP contribution in [0, 0.1) is 11.8 Å². The van der Waals surface area contributed by atoms with Gasteiger partial charge in [0.15, 0.2) is 0 Å². The lowest BCUT2D eigenvalue weighted by Crippen LogP contribution is -2.43. The highest BCUT2D eigenvalue weighted by Gasteiger charge is 2.39. The maximum Gasteiger partial charge on any atom is 0.206 e. The molecule has 84 valence electrons. The Morgan fingerprint density at radius 2 is 2.00 bits per heavy atom. The van der Waals surface area contributed by atoms with Crippen LogP contribution in [0.4, 0.5) is 0 Å². The zero-order chi connectivity index (χ0) is 10.3. The Kier molecular flexibility index (Phi) is 2.31. The van der Waals surface area contributed by atoms with Gasteiger partial charge in [0, 0.05) is 6.04 Å². The largest absolute Gasteiger partial charge is 0.353 e. The van der Waals surface area contributed by atoms with Crippen LogP contribution in [-0.4, -0.2) is 18.0 Å². The van der Waals surface area contributed by atoms with Gasteiger partial charge in [0.2, 0.25) is 5.96 Å². The number of fused-ring (bicyclic) bond motifs is 2. The molecule has 4 heteroatoms. The van der Waals surface area contributed by atoms with Crippen molar-refractivity contribution in [1.82, 2.24) is 10.7 Å². The third-order valence-corrected chi connectivity index (χ3v) is 4.05. The molecule has 3 fully saturated rings. The van der Waals surface area contributed by atoms with Crippen LogP contribution < -0.4 is 16.6 Å². The summed E-state index contributed by atoms with van der Waals surface area (Å²) in [6.07, 6.45) is 8.00. The number of rotatable bonds is 2. The number of aliphatic imine (C=N–C) groups is 1. The van der Waals surface area contributed by atoms with E-state index in [1.165, 1.54) is 38.5 Å². The van der Waals surface area contributed by atoms with Crippen LogP contribution in [0.3, 0.4) is 0 Å². The van der Waals surface area contributed by atoms with Crippen LogP contribution in [0.5, 0.6) is 0 Å². The van der Waals surface area contributed by atoms with E-state index in [0.717, 1.165) is 17.8 Å². The fraction of sp³-hybridized carbons (Fsp3) is 0.909. The van der Waals surface area contributed by atoms with E-state index >= 15 is 0 Å². The lowest BCUT2D eigenvalue weighted by molar-refractivity contribution is 0.418. The monoisotopic (exact) mass is 208 g/mol. The van der Waals surface area contributed by atoms with Crippen molar-refractivity contribution in [1.29, 1.82) is 0 Å². The Hall–Kier alpha value is -0.770. The zero-order valence-corrected chi connectivity index (χ0v) is 9.08. The quantitative estimate of drug-likeness (QED) is 0.271. The van der Waals surface area contributed by atoms with Crippen molar-refractivity contribution < 1.29 is 0 Å². The fourth-order valence-electron chi connectivity index (χ4n) is 3.07. The van der Waals surface area contributed by atoms with E-state index in [2.05, 4.69) is 10.7 Å². The number of hydrazine groups is 1. The van der Waals surface area contributed by atoms with Gasteiger partial charge in [0.05, 0.1) is 6.04 Å². The Bertz CT molecular complexity index is 272. The van der Waals surface area contributed by atoms with Crippen LogP contribution in [0.25, 0.3) is 0 Å². The number of hydrogen-bond acceptors (Lipinski definition) is 2. The van der Waals surface area contributed by atoms with Crippen molar-refractivity contribution in [2.45, 2.75) is 50.6 Å². The second-order valence-electron chi connectivity index (χ2n) is 5.28. The normalized spacial score (nSPS) is 39.5. The van der Waals surface area contributed by atoms with Gasteiger partial charge >= 0.3 is 0 Å². The molecular formula is C11H20N4. The Balaban J connectivity index is 1.62. The topological polar surface area (TPSA) is 62.4 Å². The molecule has 3 aliphatic carbocycles. The molecule has 0 aromatic heterocycles. The number of guanidine groups is 1. The molecule has 0 radical (unpaired) electrons. The average molecular weight is 208 g/mol. The van der Waals surface area contributed by atoms with Gasteiger partial charge in [-0.3, -0.25) is 5.43 Å². The van der Waals surface area contributed by atoms with Crippen LogP contribution in [-0.2, 0) is 0 Å². The molecule has 0 heterocycles. The van der Waals surface area contributed by atoms with Crippen molar-refractivity contribution in [3.63, 3.8) is 0 Å². The minimum absolute atomic E-state index is 0.529. The molecule has 0 spiro atoms. The first kappa shape index (κ1) is 9.46. The van der Waals surface area contributed by atoms with Gasteiger partial charge in [-0.2, -0.15) is 0 Å². The number of nitrogens with one attached hydrogen (secondary N) is 2. The standard InChI is InChI=1S/C11H20N4/c12-15-11(13-9-3-4-9)14-10-6-7-1-2-8(10)5-7/h7-10H,1-6,12H2,(H2,13,14,15). The molecule has 3 saturated carbocycles. The molecule has 3 rings (SSSR count). The average Bonchev–Trinajstić information content (AvgIpc) is 2.82. The van der Waals surface area contributed by atoms with E-state index in [-0.39, 0.29) is 0 Å². The third kappa shape index (κ3) is 1.95. The van der Waals surface area contributed by atoms with Gasteiger partial charge in [0.25, 0.3) is 0 Å². The molecule has 3 atom stereocenters. The lowest BCUT2D eigenvalue weighted by atomic mass is 9.96. The van der Waals surface area contributed by atoms with Crippen molar-refractivity contribution >= 4 is 5.96 Å². The second-order valence-corrected chi connectivity index (χ2v) is 5.28. The van der Waals surface area contributed by atoms with Crippen LogP contribution in [0.1, 0.15) is 38.5 Å². The first-order chi connectivity index (χ1) is 7.35. The van der Waals surface area contributed by atoms with Crippen LogP contribution in [0.15, 0.2) is 4.99 Å². The summed E-state index contributed by atoms with van der Waals surface area (Å²) in [6, 6.07) is 1.15. The summed E-state index contributed by atoms with van der Waals surface area (Å²) in [4.78, 5) is 4.73. The molecule has 0 saturated heterocycles. The SMILES string of the molecule is NNC(=NC1CC2CCC1C2)NC1CC1. The molecule has 0 amide bonds. The fourth-order valence-corrected chi connectivity index (χ4v) is 3.07. The number of nitrogens with zero attached hydrogens (tertiary/aromatic N) is 1.